The fourth-order valence-corrected chi connectivity index (χ4v) is 11.2. The molecule has 0 spiro atoms. The first-order chi connectivity index (χ1) is 37.0. The van der Waals surface area contributed by atoms with Gasteiger partial charge in [0, 0.05) is 6.42 Å². The van der Waals surface area contributed by atoms with Gasteiger partial charge in [-0.1, -0.05) is 321 Å². The molecule has 76 heavy (non-hydrogen) atoms. The Morgan fingerprint density at radius 3 is 1.08 bits per heavy atom. The number of carbonyl (C=O) groups is 1. The van der Waals surface area contributed by atoms with E-state index >= 15 is 0 Å². The number of amides is 1. The molecule has 0 radical (unpaired) electrons. The summed E-state index contributed by atoms with van der Waals surface area (Å²) in [6, 6.07) is -0.759. The Morgan fingerprint density at radius 2 is 0.750 bits per heavy atom. The van der Waals surface area contributed by atoms with E-state index in [0.717, 1.165) is 44.9 Å². The SMILES string of the molecule is CCCCCCCCCCCCC/C=C\C/C=C\CCCCCCCCCCCCCCCCCCCC(=O)NC(COP(=O)(O)OCC[N+](C)(C)C)C(O)CCCCCCCCCCCCCCCCCCCCC. The lowest BCUT2D eigenvalue weighted by Crippen LogP contribution is -2.46. The maximum absolute atomic E-state index is 13.0. The topological polar surface area (TPSA) is 105 Å². The number of hydrogen-bond acceptors (Lipinski definition) is 5. The zero-order chi connectivity index (χ0) is 55.6. The lowest BCUT2D eigenvalue weighted by atomic mass is 10.0. The molecule has 0 aliphatic rings. The Bertz CT molecular complexity index is 1290. The van der Waals surface area contributed by atoms with Gasteiger partial charge in [-0.25, -0.2) is 4.57 Å². The molecule has 9 heteroatoms. The van der Waals surface area contributed by atoms with Gasteiger partial charge in [-0.15, -0.1) is 0 Å². The highest BCUT2D eigenvalue weighted by Gasteiger charge is 2.28. The van der Waals surface area contributed by atoms with E-state index in [0.29, 0.717) is 23.9 Å². The number of likely N-dealkylation sites (N-methyl/N-ethyl adjacent to an activating group) is 1. The number of aliphatic hydroxyl groups is 1. The Hall–Kier alpha value is -1.02. The van der Waals surface area contributed by atoms with E-state index in [1.165, 1.54) is 276 Å². The van der Waals surface area contributed by atoms with Gasteiger partial charge >= 0.3 is 7.82 Å². The molecule has 0 saturated carbocycles. The number of nitrogens with zero attached hydrogens (tertiary/aromatic N) is 1. The van der Waals surface area contributed by atoms with Gasteiger partial charge in [0.15, 0.2) is 0 Å². The lowest BCUT2D eigenvalue weighted by molar-refractivity contribution is -0.870. The molecule has 0 aromatic rings. The Balaban J connectivity index is 3.97. The maximum atomic E-state index is 13.0. The van der Waals surface area contributed by atoms with Crippen LogP contribution in [0.25, 0.3) is 0 Å². The minimum absolute atomic E-state index is 0.0771. The predicted octanol–water partition coefficient (Wildman–Crippen LogP) is 21.1. The van der Waals surface area contributed by atoms with E-state index < -0.39 is 20.0 Å². The molecular weight excluding hydrogens is 960 g/mol. The third kappa shape index (κ3) is 60.6. The summed E-state index contributed by atoms with van der Waals surface area (Å²) in [4.78, 5) is 23.4. The van der Waals surface area contributed by atoms with Crippen LogP contribution >= 0.6 is 7.82 Å². The average molecular weight is 1090 g/mol. The summed E-state index contributed by atoms with van der Waals surface area (Å²) < 4.78 is 23.9. The van der Waals surface area contributed by atoms with Gasteiger partial charge in [-0.05, 0) is 44.9 Å². The van der Waals surface area contributed by atoms with Crippen LogP contribution in [0, 0.1) is 0 Å². The first-order valence-electron chi connectivity index (χ1n) is 33.7. The smallest absolute Gasteiger partial charge is 0.391 e. The number of allylic oxidation sites excluding steroid dienone is 4. The zero-order valence-electron chi connectivity index (χ0n) is 51.8. The summed E-state index contributed by atoms with van der Waals surface area (Å²) >= 11 is 0. The number of aliphatic hydroxyl groups excluding tert-OH is 1. The summed E-state index contributed by atoms with van der Waals surface area (Å²) in [7, 11) is 1.63. The van der Waals surface area contributed by atoms with Crippen LogP contribution in [0.5, 0.6) is 0 Å². The monoisotopic (exact) mass is 1090 g/mol. The van der Waals surface area contributed by atoms with E-state index in [1.54, 1.807) is 0 Å². The second-order valence-corrected chi connectivity index (χ2v) is 26.0. The molecular formula is C67H134N2O6P+. The number of rotatable bonds is 63. The molecule has 0 aliphatic carbocycles. The molecule has 0 heterocycles. The highest BCUT2D eigenvalue weighted by atomic mass is 31.2. The first-order valence-corrected chi connectivity index (χ1v) is 35.2. The molecule has 452 valence electrons. The van der Waals surface area contributed by atoms with E-state index in [4.69, 9.17) is 9.05 Å². The van der Waals surface area contributed by atoms with Crippen molar-refractivity contribution in [3.63, 3.8) is 0 Å². The van der Waals surface area contributed by atoms with Crippen LogP contribution in [0.4, 0.5) is 0 Å². The largest absolute Gasteiger partial charge is 0.472 e. The highest BCUT2D eigenvalue weighted by molar-refractivity contribution is 7.47. The van der Waals surface area contributed by atoms with Gasteiger partial charge < -0.3 is 19.8 Å². The van der Waals surface area contributed by atoms with Gasteiger partial charge in [0.05, 0.1) is 39.9 Å². The highest BCUT2D eigenvalue weighted by Crippen LogP contribution is 2.43. The molecule has 0 aromatic heterocycles. The second-order valence-electron chi connectivity index (χ2n) is 24.6. The average Bonchev–Trinajstić information content (AvgIpc) is 3.38. The van der Waals surface area contributed by atoms with Crippen LogP contribution in [-0.2, 0) is 18.4 Å². The van der Waals surface area contributed by atoms with Crippen molar-refractivity contribution in [3.8, 4) is 0 Å². The van der Waals surface area contributed by atoms with Gasteiger partial charge in [0.2, 0.25) is 5.91 Å². The fourth-order valence-electron chi connectivity index (χ4n) is 10.4. The first kappa shape index (κ1) is 75.0. The summed E-state index contributed by atoms with van der Waals surface area (Å²) in [5, 5.41) is 14.1. The normalized spacial score (nSPS) is 13.8. The van der Waals surface area contributed by atoms with Crippen LogP contribution in [0.15, 0.2) is 24.3 Å². The Kier molecular flexibility index (Phi) is 57.8. The number of unbranched alkanes of at least 4 members (excludes halogenated alkanes) is 46. The van der Waals surface area contributed by atoms with Crippen LogP contribution in [-0.4, -0.2) is 73.4 Å². The van der Waals surface area contributed by atoms with Crippen molar-refractivity contribution in [2.45, 2.75) is 360 Å². The Labute approximate surface area is 474 Å². The predicted molar refractivity (Wildman–Crippen MR) is 332 cm³/mol. The number of phosphoric ester groups is 1. The van der Waals surface area contributed by atoms with Crippen LogP contribution < -0.4 is 5.32 Å². The van der Waals surface area contributed by atoms with Crippen molar-refractivity contribution in [2.24, 2.45) is 0 Å². The van der Waals surface area contributed by atoms with E-state index in [1.807, 2.05) is 21.1 Å². The molecule has 3 atom stereocenters. The number of quaternary nitrogens is 1. The number of carbonyl (C=O) groups excluding carboxylic acids is 1. The summed E-state index contributed by atoms with van der Waals surface area (Å²) in [6.45, 7) is 4.94. The van der Waals surface area contributed by atoms with Gasteiger partial charge in [0.1, 0.15) is 13.2 Å². The third-order valence-corrected chi connectivity index (χ3v) is 16.7. The van der Waals surface area contributed by atoms with Gasteiger partial charge in [0.25, 0.3) is 0 Å². The third-order valence-electron chi connectivity index (χ3n) is 15.7. The molecule has 8 nitrogen and oxygen atoms in total. The summed E-state index contributed by atoms with van der Waals surface area (Å²) in [5.41, 5.74) is 0. The Morgan fingerprint density at radius 1 is 0.447 bits per heavy atom. The number of hydrogen-bond donors (Lipinski definition) is 3. The second kappa shape index (κ2) is 58.6. The quantitative estimate of drug-likeness (QED) is 0.0243. The molecule has 3 unspecified atom stereocenters. The molecule has 3 N–H and O–H groups in total. The summed E-state index contributed by atoms with van der Waals surface area (Å²) in [5.74, 6) is -0.138. The molecule has 0 aromatic carbocycles. The number of nitrogens with one attached hydrogen (secondary N) is 1. The van der Waals surface area contributed by atoms with Crippen LogP contribution in [0.2, 0.25) is 0 Å². The van der Waals surface area contributed by atoms with Crippen molar-refractivity contribution in [3.05, 3.63) is 24.3 Å². The van der Waals surface area contributed by atoms with E-state index in [-0.39, 0.29) is 19.1 Å². The van der Waals surface area contributed by atoms with Crippen molar-refractivity contribution < 1.29 is 32.9 Å². The van der Waals surface area contributed by atoms with Crippen molar-refractivity contribution in [2.75, 3.05) is 40.9 Å². The summed E-state index contributed by atoms with van der Waals surface area (Å²) in [6.07, 6.45) is 75.6. The molecule has 0 saturated heterocycles. The molecule has 0 aliphatic heterocycles. The van der Waals surface area contributed by atoms with Crippen LogP contribution in [0.1, 0.15) is 348 Å². The molecule has 0 fully saturated rings. The molecule has 1 amide bonds. The van der Waals surface area contributed by atoms with E-state index in [9.17, 15) is 19.4 Å². The molecule has 0 bridgehead atoms. The van der Waals surface area contributed by atoms with Gasteiger partial charge in [-0.2, -0.15) is 0 Å². The van der Waals surface area contributed by atoms with Crippen molar-refractivity contribution in [1.82, 2.24) is 5.32 Å². The lowest BCUT2D eigenvalue weighted by Gasteiger charge is -2.26. The van der Waals surface area contributed by atoms with Gasteiger partial charge in [-0.3, -0.25) is 13.8 Å². The minimum Gasteiger partial charge on any atom is -0.391 e. The van der Waals surface area contributed by atoms with E-state index in [2.05, 4.69) is 43.5 Å². The maximum Gasteiger partial charge on any atom is 0.472 e. The molecule has 0 rings (SSSR count). The fraction of sp³-hybridized carbons (Fsp3) is 0.925. The van der Waals surface area contributed by atoms with Crippen molar-refractivity contribution >= 4 is 13.7 Å². The van der Waals surface area contributed by atoms with Crippen molar-refractivity contribution in [1.29, 1.82) is 0 Å². The zero-order valence-corrected chi connectivity index (χ0v) is 52.7. The van der Waals surface area contributed by atoms with Crippen LogP contribution in [0.3, 0.4) is 0 Å². The number of phosphoric acid groups is 1. The standard InChI is InChI=1S/C67H133N2O6P/c1-6-8-10-12-14-16-18-20-22-24-26-27-28-29-30-31-32-33-34-35-36-37-38-39-40-41-43-45-47-49-51-53-55-57-59-61-67(71)68-65(64-75-76(72,73)74-63-62-69(3,4)5)66(70)60-58-56-54-52-50-48-46-44-42-25-23-21-19-17-15-13-11-9-7-2/h28-29,31-32,65-66,70H,6-27,30,33-64H2,1-5H3,(H-,68,71,72,73)/p+1/b29-28-,32-31-. The minimum atomic E-state index is -4.32.